The van der Waals surface area contributed by atoms with Gasteiger partial charge in [-0.2, -0.15) is 23.1 Å². The molecule has 0 saturated heterocycles. The summed E-state index contributed by atoms with van der Waals surface area (Å²) in [6, 6.07) is 10.8. The number of benzene rings is 2. The maximum atomic E-state index is 13.1. The van der Waals surface area contributed by atoms with Gasteiger partial charge in [0.05, 0.1) is 5.02 Å². The zero-order valence-corrected chi connectivity index (χ0v) is 20.3. The lowest BCUT2D eigenvalue weighted by Crippen LogP contribution is -2.46. The molecule has 1 amide bonds. The van der Waals surface area contributed by atoms with Crippen molar-refractivity contribution in [1.29, 1.82) is 0 Å². The Hall–Kier alpha value is -3.84. The Kier molecular flexibility index (Phi) is 8.05. The van der Waals surface area contributed by atoms with Crippen molar-refractivity contribution in [3.8, 4) is 46.4 Å². The zero-order chi connectivity index (χ0) is 26.5. The second-order valence-corrected chi connectivity index (χ2v) is 8.55. The highest BCUT2D eigenvalue weighted by Crippen LogP contribution is 2.37. The topological polar surface area (TPSA) is 97.2 Å². The summed E-state index contributed by atoms with van der Waals surface area (Å²) in [7, 11) is 0. The molecule has 2 N–H and O–H groups in total. The molecular weight excluding hydrogens is 497 g/mol. The monoisotopic (exact) mass is 518 g/mol. The number of amides is 1. The zero-order valence-electron chi connectivity index (χ0n) is 19.6. The van der Waals surface area contributed by atoms with Crippen LogP contribution in [0.1, 0.15) is 26.3 Å². The summed E-state index contributed by atoms with van der Waals surface area (Å²) in [4.78, 5) is 24.4. The van der Waals surface area contributed by atoms with Gasteiger partial charge in [0.15, 0.2) is 11.6 Å². The largest absolute Gasteiger partial charge is 0.481 e. The standard InChI is InChI=1S/C25H22ClF3N4O3/c1-4-5-12-36-17-9-7-16(8-10-17)20-31-21(33-23(35)32-20)18-13-15(6-11-19(18)26)14-30-22(34)24(2,3)25(27,28)29/h6-11,13H,12,14H2,1-3H3,(H,30,34)(H,31,32,33,35). The number of halogens is 4. The number of ether oxygens (including phenoxy) is 1. The lowest BCUT2D eigenvalue weighted by molar-refractivity contribution is -0.211. The van der Waals surface area contributed by atoms with Crippen molar-refractivity contribution in [2.45, 2.75) is 33.5 Å². The van der Waals surface area contributed by atoms with Gasteiger partial charge in [-0.15, -0.1) is 5.92 Å². The first-order valence-electron chi connectivity index (χ1n) is 10.6. The first kappa shape index (κ1) is 26.8. The minimum Gasteiger partial charge on any atom is -0.481 e. The third kappa shape index (κ3) is 6.23. The highest BCUT2D eigenvalue weighted by molar-refractivity contribution is 6.33. The molecule has 11 heteroatoms. The van der Waals surface area contributed by atoms with Crippen molar-refractivity contribution in [2.24, 2.45) is 5.41 Å². The number of nitrogens with one attached hydrogen (secondary N) is 1. The fourth-order valence-electron chi connectivity index (χ4n) is 2.89. The maximum absolute atomic E-state index is 13.1. The van der Waals surface area contributed by atoms with Crippen LogP contribution in [0.15, 0.2) is 42.5 Å². The van der Waals surface area contributed by atoms with Crippen LogP contribution in [0.5, 0.6) is 11.8 Å². The molecule has 36 heavy (non-hydrogen) atoms. The van der Waals surface area contributed by atoms with Crippen molar-refractivity contribution in [3.63, 3.8) is 0 Å². The predicted octanol–water partition coefficient (Wildman–Crippen LogP) is 5.17. The third-order valence-corrected chi connectivity index (χ3v) is 5.55. The summed E-state index contributed by atoms with van der Waals surface area (Å²) in [5.41, 5.74) is -1.23. The van der Waals surface area contributed by atoms with Gasteiger partial charge in [0.25, 0.3) is 0 Å². The van der Waals surface area contributed by atoms with Crippen LogP contribution < -0.4 is 10.1 Å². The third-order valence-electron chi connectivity index (χ3n) is 5.22. The molecule has 0 atom stereocenters. The Labute approximate surface area is 210 Å². The van der Waals surface area contributed by atoms with Crippen molar-refractivity contribution < 1.29 is 27.8 Å². The van der Waals surface area contributed by atoms with Crippen LogP contribution >= 0.6 is 11.6 Å². The van der Waals surface area contributed by atoms with Gasteiger partial charge in [0.2, 0.25) is 5.91 Å². The SMILES string of the molecule is CC#CCOc1ccc(-c2nc(O)nc(-c3cc(CNC(=O)C(C)(C)C(F)(F)F)ccc3Cl)n2)cc1. The number of aromatic hydroxyl groups is 1. The average molecular weight is 519 g/mol. The number of hydrogen-bond donors (Lipinski definition) is 2. The van der Waals surface area contributed by atoms with Gasteiger partial charge in [-0.25, -0.2) is 4.98 Å². The molecule has 3 rings (SSSR count). The van der Waals surface area contributed by atoms with Crippen LogP contribution in [-0.4, -0.2) is 38.7 Å². The van der Waals surface area contributed by atoms with Crippen LogP contribution in [0.3, 0.4) is 0 Å². The van der Waals surface area contributed by atoms with Gasteiger partial charge in [-0.05, 0) is 62.7 Å². The smallest absolute Gasteiger partial charge is 0.402 e. The summed E-state index contributed by atoms with van der Waals surface area (Å²) in [5.74, 6) is 5.16. The van der Waals surface area contributed by atoms with E-state index in [2.05, 4.69) is 32.1 Å². The van der Waals surface area contributed by atoms with Crippen LogP contribution in [0.2, 0.25) is 5.02 Å². The minimum absolute atomic E-state index is 0.0462. The van der Waals surface area contributed by atoms with Crippen molar-refractivity contribution >= 4 is 17.5 Å². The summed E-state index contributed by atoms with van der Waals surface area (Å²) in [6.07, 6.45) is -4.70. The van der Waals surface area contributed by atoms with Gasteiger partial charge in [-0.1, -0.05) is 23.6 Å². The normalized spacial score (nSPS) is 11.4. The molecule has 0 aliphatic heterocycles. The molecule has 0 aliphatic carbocycles. The van der Waals surface area contributed by atoms with E-state index in [1.165, 1.54) is 12.1 Å². The molecule has 0 saturated carbocycles. The Balaban J connectivity index is 1.85. The Morgan fingerprint density at radius 3 is 2.39 bits per heavy atom. The Bertz CT molecular complexity index is 1320. The van der Waals surface area contributed by atoms with Crippen molar-refractivity contribution in [2.75, 3.05) is 6.61 Å². The van der Waals surface area contributed by atoms with E-state index in [9.17, 15) is 23.1 Å². The highest BCUT2D eigenvalue weighted by atomic mass is 35.5. The van der Waals surface area contributed by atoms with Gasteiger partial charge in [0, 0.05) is 17.7 Å². The van der Waals surface area contributed by atoms with Gasteiger partial charge >= 0.3 is 12.2 Å². The highest BCUT2D eigenvalue weighted by Gasteiger charge is 2.52. The van der Waals surface area contributed by atoms with Crippen LogP contribution in [0, 0.1) is 17.3 Å². The summed E-state index contributed by atoms with van der Waals surface area (Å²) in [5, 5.41) is 12.6. The molecule has 0 aliphatic rings. The molecule has 2 aromatic carbocycles. The van der Waals surface area contributed by atoms with Gasteiger partial charge < -0.3 is 15.2 Å². The second kappa shape index (κ2) is 10.8. The summed E-state index contributed by atoms with van der Waals surface area (Å²) in [6.45, 7) is 3.39. The second-order valence-electron chi connectivity index (χ2n) is 8.14. The van der Waals surface area contributed by atoms with E-state index in [0.29, 0.717) is 22.4 Å². The molecule has 7 nitrogen and oxygen atoms in total. The molecule has 1 aromatic heterocycles. The van der Waals surface area contributed by atoms with E-state index in [4.69, 9.17) is 16.3 Å². The number of carbonyl (C=O) groups excluding carboxylic acids is 1. The molecule has 1 heterocycles. The lowest BCUT2D eigenvalue weighted by Gasteiger charge is -2.26. The minimum atomic E-state index is -4.70. The number of alkyl halides is 3. The maximum Gasteiger partial charge on any atom is 0.402 e. The molecule has 0 bridgehead atoms. The first-order valence-corrected chi connectivity index (χ1v) is 11.0. The molecule has 0 radical (unpaired) electrons. The Morgan fingerprint density at radius 1 is 1.08 bits per heavy atom. The van der Waals surface area contributed by atoms with Gasteiger partial charge in [-0.3, -0.25) is 4.79 Å². The van der Waals surface area contributed by atoms with E-state index < -0.39 is 23.5 Å². The Morgan fingerprint density at radius 2 is 1.75 bits per heavy atom. The quantitative estimate of drug-likeness (QED) is 0.419. The molecule has 3 aromatic rings. The van der Waals surface area contributed by atoms with Crippen LogP contribution in [-0.2, 0) is 11.3 Å². The molecule has 188 valence electrons. The number of nitrogens with zero attached hydrogens (tertiary/aromatic N) is 3. The predicted molar refractivity (Wildman–Crippen MR) is 128 cm³/mol. The molecule has 0 unspecified atom stereocenters. The summed E-state index contributed by atoms with van der Waals surface area (Å²) < 4.78 is 44.8. The van der Waals surface area contributed by atoms with Crippen molar-refractivity contribution in [3.05, 3.63) is 53.1 Å². The number of aromatic nitrogens is 3. The van der Waals surface area contributed by atoms with E-state index in [-0.39, 0.29) is 29.8 Å². The fraction of sp³-hybridized carbons (Fsp3) is 0.280. The molecular formula is C25H22ClF3N4O3. The summed E-state index contributed by atoms with van der Waals surface area (Å²) >= 11 is 6.31. The van der Waals surface area contributed by atoms with Crippen molar-refractivity contribution in [1.82, 2.24) is 20.3 Å². The number of rotatable bonds is 7. The molecule has 0 spiro atoms. The molecule has 0 fully saturated rings. The fourth-order valence-corrected chi connectivity index (χ4v) is 3.09. The van der Waals surface area contributed by atoms with E-state index in [1.54, 1.807) is 37.3 Å². The van der Waals surface area contributed by atoms with Gasteiger partial charge in [0.1, 0.15) is 17.8 Å². The van der Waals surface area contributed by atoms with E-state index in [0.717, 1.165) is 13.8 Å². The first-order chi connectivity index (χ1) is 16.9. The number of hydrogen-bond acceptors (Lipinski definition) is 6. The average Bonchev–Trinajstić information content (AvgIpc) is 2.82. The number of carbonyl (C=O) groups is 1. The lowest BCUT2D eigenvalue weighted by atomic mass is 9.91. The van der Waals surface area contributed by atoms with E-state index in [1.807, 2.05) is 0 Å². The van der Waals surface area contributed by atoms with E-state index >= 15 is 0 Å². The van der Waals surface area contributed by atoms with Crippen LogP contribution in [0.25, 0.3) is 22.8 Å². The van der Waals surface area contributed by atoms with Crippen LogP contribution in [0.4, 0.5) is 13.2 Å².